The third kappa shape index (κ3) is 2.66. The second-order valence-corrected chi connectivity index (χ2v) is 6.21. The number of fused-ring (bicyclic) bond motifs is 1. The first-order valence-electron chi connectivity index (χ1n) is 8.83. The Morgan fingerprint density at radius 1 is 1.14 bits per heavy atom. The van der Waals surface area contributed by atoms with Gasteiger partial charge in [0.25, 0.3) is 11.2 Å². The highest BCUT2D eigenvalue weighted by Crippen LogP contribution is 2.60. The lowest BCUT2D eigenvalue weighted by Crippen LogP contribution is -2.54. The van der Waals surface area contributed by atoms with Crippen molar-refractivity contribution in [3.8, 4) is 29.1 Å². The Hall–Kier alpha value is -3.44. The van der Waals surface area contributed by atoms with Crippen LogP contribution in [0.15, 0.2) is 36.4 Å². The number of ether oxygens (including phenoxy) is 5. The van der Waals surface area contributed by atoms with Gasteiger partial charge in [0.1, 0.15) is 11.8 Å². The zero-order valence-electron chi connectivity index (χ0n) is 16.5. The normalized spacial score (nSPS) is 22.1. The number of hydrogen-bond donors (Lipinski definition) is 1. The van der Waals surface area contributed by atoms with E-state index >= 15 is 0 Å². The molecule has 1 N–H and O–H groups in total. The van der Waals surface area contributed by atoms with Gasteiger partial charge in [-0.25, -0.2) is 4.79 Å². The quantitative estimate of drug-likeness (QED) is 0.737. The van der Waals surface area contributed by atoms with Crippen LogP contribution in [0, 0.1) is 11.3 Å². The number of carbonyl (C=O) groups is 1. The van der Waals surface area contributed by atoms with Crippen molar-refractivity contribution in [2.24, 2.45) is 0 Å². The summed E-state index contributed by atoms with van der Waals surface area (Å²) in [6.07, 6.45) is 0. The largest absolute Gasteiger partial charge is 0.493 e. The van der Waals surface area contributed by atoms with Crippen molar-refractivity contribution in [2.75, 3.05) is 27.9 Å². The topological polar surface area (TPSA) is 107 Å². The smallest absolute Gasteiger partial charge is 0.349 e. The Morgan fingerprint density at radius 2 is 1.79 bits per heavy atom. The molecule has 0 bridgehead atoms. The summed E-state index contributed by atoms with van der Waals surface area (Å²) >= 11 is 0. The average Bonchev–Trinajstić information content (AvgIpc) is 3.03. The fourth-order valence-electron chi connectivity index (χ4n) is 3.56. The molecule has 0 spiro atoms. The number of nitriles is 1. The molecule has 0 saturated heterocycles. The zero-order chi connectivity index (χ0) is 21.2. The van der Waals surface area contributed by atoms with Crippen molar-refractivity contribution < 1.29 is 33.6 Å². The van der Waals surface area contributed by atoms with Crippen molar-refractivity contribution in [3.05, 3.63) is 47.5 Å². The van der Waals surface area contributed by atoms with Gasteiger partial charge in [-0.3, -0.25) is 0 Å². The molecule has 0 aliphatic carbocycles. The van der Waals surface area contributed by atoms with Gasteiger partial charge in [0.05, 0.1) is 33.5 Å². The Balaban J connectivity index is 2.43. The zero-order valence-corrected chi connectivity index (χ0v) is 16.5. The van der Waals surface area contributed by atoms with Crippen LogP contribution >= 0.6 is 0 Å². The lowest BCUT2D eigenvalue weighted by atomic mass is 9.75. The molecule has 0 fully saturated rings. The number of benzene rings is 2. The molecular weight excluding hydrogens is 378 g/mol. The number of carbonyl (C=O) groups excluding carboxylic acids is 1. The van der Waals surface area contributed by atoms with Gasteiger partial charge in [-0.15, -0.1) is 0 Å². The van der Waals surface area contributed by atoms with E-state index in [1.807, 2.05) is 6.07 Å². The summed E-state index contributed by atoms with van der Waals surface area (Å²) < 4.78 is 27.3. The molecule has 1 aliphatic heterocycles. The predicted octanol–water partition coefficient (Wildman–Crippen LogP) is 2.27. The van der Waals surface area contributed by atoms with Gasteiger partial charge in [0.2, 0.25) is 5.75 Å². The van der Waals surface area contributed by atoms with Gasteiger partial charge in [0, 0.05) is 11.6 Å². The maximum atomic E-state index is 13.1. The van der Waals surface area contributed by atoms with E-state index in [1.54, 1.807) is 37.3 Å². The summed E-state index contributed by atoms with van der Waals surface area (Å²) in [6, 6.07) is 11.7. The van der Waals surface area contributed by atoms with Gasteiger partial charge < -0.3 is 28.8 Å². The minimum atomic E-state index is -2.53. The highest BCUT2D eigenvalue weighted by atomic mass is 16.6. The van der Waals surface area contributed by atoms with Crippen LogP contribution < -0.4 is 18.9 Å². The number of methoxy groups -OCH3 is 3. The molecule has 0 amide bonds. The fourth-order valence-corrected chi connectivity index (χ4v) is 3.56. The molecule has 152 valence electrons. The van der Waals surface area contributed by atoms with E-state index in [0.29, 0.717) is 0 Å². The van der Waals surface area contributed by atoms with Gasteiger partial charge in [-0.05, 0) is 6.92 Å². The lowest BCUT2D eigenvalue weighted by molar-refractivity contribution is -0.182. The Bertz CT molecular complexity index is 969. The predicted molar refractivity (Wildman–Crippen MR) is 101 cm³/mol. The van der Waals surface area contributed by atoms with E-state index in [0.717, 1.165) is 0 Å². The number of aliphatic hydroxyl groups is 1. The third-order valence-corrected chi connectivity index (χ3v) is 4.84. The van der Waals surface area contributed by atoms with Crippen LogP contribution in [-0.4, -0.2) is 39.0 Å². The molecule has 3 rings (SSSR count). The van der Waals surface area contributed by atoms with Crippen LogP contribution in [0.2, 0.25) is 0 Å². The molecule has 1 aliphatic rings. The number of nitrogens with zero attached hydrogens (tertiary/aromatic N) is 1. The summed E-state index contributed by atoms with van der Waals surface area (Å²) in [5.41, 5.74) is -4.44. The van der Waals surface area contributed by atoms with Crippen LogP contribution in [0.4, 0.5) is 0 Å². The average molecular weight is 399 g/mol. The Kier molecular flexibility index (Phi) is 5.27. The molecule has 2 unspecified atom stereocenters. The van der Waals surface area contributed by atoms with Crippen LogP contribution in [0.5, 0.6) is 23.0 Å². The van der Waals surface area contributed by atoms with Crippen molar-refractivity contribution in [3.63, 3.8) is 0 Å². The molecule has 8 heteroatoms. The summed E-state index contributed by atoms with van der Waals surface area (Å²) in [5, 5.41) is 22.0. The van der Waals surface area contributed by atoms with Crippen LogP contribution in [0.25, 0.3) is 0 Å². The van der Waals surface area contributed by atoms with E-state index in [-0.39, 0.29) is 40.7 Å². The van der Waals surface area contributed by atoms with Crippen LogP contribution in [0.3, 0.4) is 0 Å². The van der Waals surface area contributed by atoms with Gasteiger partial charge >= 0.3 is 5.97 Å². The second kappa shape index (κ2) is 7.53. The molecule has 2 aromatic carbocycles. The van der Waals surface area contributed by atoms with Gasteiger partial charge in [0.15, 0.2) is 11.5 Å². The van der Waals surface area contributed by atoms with E-state index < -0.39 is 17.2 Å². The molecule has 8 nitrogen and oxygen atoms in total. The fraction of sp³-hybridized carbons (Fsp3) is 0.333. The molecule has 0 radical (unpaired) electrons. The minimum Gasteiger partial charge on any atom is -0.493 e. The van der Waals surface area contributed by atoms with Crippen molar-refractivity contribution >= 4 is 5.97 Å². The van der Waals surface area contributed by atoms with Crippen molar-refractivity contribution in [1.29, 1.82) is 5.26 Å². The summed E-state index contributed by atoms with van der Waals surface area (Å²) in [7, 11) is 4.16. The standard InChI is InChI=1S/C21H21NO7/c1-5-28-19(23)21(24)16-14(11-15(25-2)17(26-3)18(16)27-4)29-20(21,12-22)13-9-7-6-8-10-13/h6-11,24H,5H2,1-4H3. The third-order valence-electron chi connectivity index (χ3n) is 4.84. The molecular formula is C21H21NO7. The summed E-state index contributed by atoms with van der Waals surface area (Å²) in [6.45, 7) is 1.59. The van der Waals surface area contributed by atoms with Gasteiger partial charge in [-0.1, -0.05) is 30.3 Å². The van der Waals surface area contributed by atoms with Crippen molar-refractivity contribution in [1.82, 2.24) is 0 Å². The molecule has 1 heterocycles. The van der Waals surface area contributed by atoms with E-state index in [9.17, 15) is 15.2 Å². The first-order chi connectivity index (χ1) is 13.9. The molecule has 2 atom stereocenters. The maximum absolute atomic E-state index is 13.1. The number of esters is 1. The van der Waals surface area contributed by atoms with Gasteiger partial charge in [-0.2, -0.15) is 5.26 Å². The molecule has 2 aromatic rings. The molecule has 0 saturated carbocycles. The van der Waals surface area contributed by atoms with Crippen molar-refractivity contribution in [2.45, 2.75) is 18.1 Å². The van der Waals surface area contributed by atoms with E-state index in [2.05, 4.69) is 0 Å². The molecule has 0 aromatic heterocycles. The number of rotatable bonds is 6. The minimum absolute atomic E-state index is 0.00505. The Morgan fingerprint density at radius 3 is 2.31 bits per heavy atom. The van der Waals surface area contributed by atoms with Crippen LogP contribution in [-0.2, 0) is 20.7 Å². The second-order valence-electron chi connectivity index (χ2n) is 6.21. The highest BCUT2D eigenvalue weighted by molar-refractivity contribution is 5.89. The maximum Gasteiger partial charge on any atom is 0.349 e. The van der Waals surface area contributed by atoms with Crippen LogP contribution in [0.1, 0.15) is 18.1 Å². The lowest BCUT2D eigenvalue weighted by Gasteiger charge is -2.34. The van der Waals surface area contributed by atoms with E-state index in [4.69, 9.17) is 23.7 Å². The summed E-state index contributed by atoms with van der Waals surface area (Å²) in [5.74, 6) is -0.612. The monoisotopic (exact) mass is 399 g/mol. The summed E-state index contributed by atoms with van der Waals surface area (Å²) in [4.78, 5) is 13.1. The molecule has 29 heavy (non-hydrogen) atoms. The SMILES string of the molecule is CCOC(=O)C1(O)c2c(cc(OC)c(OC)c2OC)OC1(C#N)c1ccccc1. The first kappa shape index (κ1) is 20.3. The Labute approximate surface area is 168 Å². The highest BCUT2D eigenvalue weighted by Gasteiger charge is 2.69. The van der Waals surface area contributed by atoms with E-state index in [1.165, 1.54) is 27.4 Å². The first-order valence-corrected chi connectivity index (χ1v) is 8.83. The number of hydrogen-bond acceptors (Lipinski definition) is 8.